The molecule has 0 aliphatic rings. The highest BCUT2D eigenvalue weighted by molar-refractivity contribution is 5.65. The van der Waals surface area contributed by atoms with E-state index in [1.54, 1.807) is 24.5 Å². The van der Waals surface area contributed by atoms with E-state index in [1.165, 1.54) is 6.07 Å². The van der Waals surface area contributed by atoms with Gasteiger partial charge in [0.05, 0.1) is 5.69 Å². The SMILES string of the molecule is CNCc1cnccc1N(C)c1ccccc1F. The van der Waals surface area contributed by atoms with Crippen molar-refractivity contribution in [2.75, 3.05) is 19.0 Å². The summed E-state index contributed by atoms with van der Waals surface area (Å²) in [4.78, 5) is 5.94. The molecule has 0 saturated heterocycles. The first-order chi connectivity index (χ1) is 8.74. The molecule has 94 valence electrons. The predicted octanol–water partition coefficient (Wildman–Crippen LogP) is 2.71. The lowest BCUT2D eigenvalue weighted by atomic mass is 10.2. The third kappa shape index (κ3) is 2.49. The number of hydrogen-bond acceptors (Lipinski definition) is 3. The van der Waals surface area contributed by atoms with Crippen molar-refractivity contribution in [2.45, 2.75) is 6.54 Å². The Morgan fingerprint density at radius 3 is 2.72 bits per heavy atom. The van der Waals surface area contributed by atoms with Crippen molar-refractivity contribution < 1.29 is 4.39 Å². The Bertz CT molecular complexity index is 528. The van der Waals surface area contributed by atoms with Gasteiger partial charge >= 0.3 is 0 Å². The van der Waals surface area contributed by atoms with E-state index in [0.29, 0.717) is 12.2 Å². The Labute approximate surface area is 106 Å². The highest BCUT2D eigenvalue weighted by atomic mass is 19.1. The zero-order valence-corrected chi connectivity index (χ0v) is 10.5. The molecule has 0 atom stereocenters. The van der Waals surface area contributed by atoms with Crippen molar-refractivity contribution in [3.05, 3.63) is 54.1 Å². The number of nitrogens with one attached hydrogen (secondary N) is 1. The maximum absolute atomic E-state index is 13.8. The van der Waals surface area contributed by atoms with Gasteiger partial charge in [-0.25, -0.2) is 4.39 Å². The molecule has 1 aromatic carbocycles. The van der Waals surface area contributed by atoms with Gasteiger partial charge in [0.1, 0.15) is 5.82 Å². The topological polar surface area (TPSA) is 28.2 Å². The molecule has 0 spiro atoms. The van der Waals surface area contributed by atoms with Crippen LogP contribution in [0.2, 0.25) is 0 Å². The van der Waals surface area contributed by atoms with E-state index < -0.39 is 0 Å². The maximum Gasteiger partial charge on any atom is 0.146 e. The van der Waals surface area contributed by atoms with Crippen molar-refractivity contribution >= 4 is 11.4 Å². The lowest BCUT2D eigenvalue weighted by molar-refractivity contribution is 0.627. The monoisotopic (exact) mass is 245 g/mol. The summed E-state index contributed by atoms with van der Waals surface area (Å²) in [6.45, 7) is 0.696. The Kier molecular flexibility index (Phi) is 3.89. The van der Waals surface area contributed by atoms with Gasteiger partial charge in [0.15, 0.2) is 0 Å². The van der Waals surface area contributed by atoms with Crippen molar-refractivity contribution in [3.63, 3.8) is 0 Å². The molecular weight excluding hydrogens is 229 g/mol. The van der Waals surface area contributed by atoms with Crippen LogP contribution in [0.4, 0.5) is 15.8 Å². The highest BCUT2D eigenvalue weighted by Crippen LogP contribution is 2.28. The number of hydrogen-bond donors (Lipinski definition) is 1. The van der Waals surface area contributed by atoms with Crippen molar-refractivity contribution in [1.82, 2.24) is 10.3 Å². The smallest absolute Gasteiger partial charge is 0.146 e. The fourth-order valence-corrected chi connectivity index (χ4v) is 1.93. The van der Waals surface area contributed by atoms with Crippen LogP contribution < -0.4 is 10.2 Å². The third-order valence-electron chi connectivity index (χ3n) is 2.82. The molecule has 0 unspecified atom stereocenters. The van der Waals surface area contributed by atoms with Crippen LogP contribution in [0.25, 0.3) is 0 Å². The van der Waals surface area contributed by atoms with Crippen LogP contribution in [0.3, 0.4) is 0 Å². The zero-order chi connectivity index (χ0) is 13.0. The highest BCUT2D eigenvalue weighted by Gasteiger charge is 2.11. The number of aromatic nitrogens is 1. The van der Waals surface area contributed by atoms with E-state index in [9.17, 15) is 4.39 Å². The van der Waals surface area contributed by atoms with Crippen LogP contribution in [-0.4, -0.2) is 19.1 Å². The molecular formula is C14H16FN3. The zero-order valence-electron chi connectivity index (χ0n) is 10.5. The van der Waals surface area contributed by atoms with Gasteiger partial charge < -0.3 is 10.2 Å². The lowest BCUT2D eigenvalue weighted by Crippen LogP contribution is -2.16. The summed E-state index contributed by atoms with van der Waals surface area (Å²) in [6, 6.07) is 8.63. The van der Waals surface area contributed by atoms with Gasteiger partial charge in [-0.3, -0.25) is 4.98 Å². The van der Waals surface area contributed by atoms with Crippen molar-refractivity contribution in [1.29, 1.82) is 0 Å². The number of halogens is 1. The van der Waals surface area contributed by atoms with Gasteiger partial charge in [-0.2, -0.15) is 0 Å². The second kappa shape index (κ2) is 5.60. The van der Waals surface area contributed by atoms with E-state index in [1.807, 2.05) is 31.1 Å². The van der Waals surface area contributed by atoms with E-state index in [2.05, 4.69) is 10.3 Å². The lowest BCUT2D eigenvalue weighted by Gasteiger charge is -2.22. The Hall–Kier alpha value is -1.94. The summed E-state index contributed by atoms with van der Waals surface area (Å²) in [5.41, 5.74) is 2.54. The number of pyridine rings is 1. The van der Waals surface area contributed by atoms with Gasteiger partial charge in [0.25, 0.3) is 0 Å². The second-order valence-electron chi connectivity index (χ2n) is 4.05. The quantitative estimate of drug-likeness (QED) is 0.897. The molecule has 0 saturated carbocycles. The standard InChI is InChI=1S/C14H16FN3/c1-16-9-11-10-17-8-7-13(11)18(2)14-6-4-3-5-12(14)15/h3-8,10,16H,9H2,1-2H3. The molecule has 1 aromatic heterocycles. The van der Waals surface area contributed by atoms with Crippen LogP contribution >= 0.6 is 0 Å². The van der Waals surface area contributed by atoms with Gasteiger partial charge in [-0.1, -0.05) is 12.1 Å². The number of anilines is 2. The van der Waals surface area contributed by atoms with Crippen molar-refractivity contribution in [3.8, 4) is 0 Å². The first kappa shape index (κ1) is 12.5. The van der Waals surface area contributed by atoms with E-state index in [0.717, 1.165) is 11.3 Å². The summed E-state index contributed by atoms with van der Waals surface area (Å²) in [6.07, 6.45) is 3.51. The Morgan fingerprint density at radius 1 is 1.22 bits per heavy atom. The summed E-state index contributed by atoms with van der Waals surface area (Å²) in [7, 11) is 3.73. The van der Waals surface area contributed by atoms with Crippen LogP contribution in [0.15, 0.2) is 42.7 Å². The maximum atomic E-state index is 13.8. The number of benzene rings is 1. The molecule has 0 radical (unpaired) electrons. The summed E-state index contributed by atoms with van der Waals surface area (Å²) < 4.78 is 13.8. The van der Waals surface area contributed by atoms with Crippen LogP contribution in [0, 0.1) is 5.82 Å². The van der Waals surface area contributed by atoms with E-state index >= 15 is 0 Å². The molecule has 2 rings (SSSR count). The van der Waals surface area contributed by atoms with Crippen molar-refractivity contribution in [2.24, 2.45) is 0 Å². The molecule has 0 amide bonds. The minimum atomic E-state index is -0.229. The number of para-hydroxylation sites is 1. The molecule has 4 heteroatoms. The average molecular weight is 245 g/mol. The summed E-state index contributed by atoms with van der Waals surface area (Å²) in [5.74, 6) is -0.229. The molecule has 0 fully saturated rings. The molecule has 1 heterocycles. The molecule has 1 N–H and O–H groups in total. The molecule has 0 aliphatic carbocycles. The molecule has 3 nitrogen and oxygen atoms in total. The Morgan fingerprint density at radius 2 is 2.00 bits per heavy atom. The predicted molar refractivity (Wildman–Crippen MR) is 71.5 cm³/mol. The minimum absolute atomic E-state index is 0.229. The summed E-state index contributed by atoms with van der Waals surface area (Å²) >= 11 is 0. The first-order valence-electron chi connectivity index (χ1n) is 5.79. The van der Waals surface area contributed by atoms with Crippen LogP contribution in [0.5, 0.6) is 0 Å². The largest absolute Gasteiger partial charge is 0.342 e. The van der Waals surface area contributed by atoms with Gasteiger partial charge in [0.2, 0.25) is 0 Å². The second-order valence-corrected chi connectivity index (χ2v) is 4.05. The fraction of sp³-hybridized carbons (Fsp3) is 0.214. The number of rotatable bonds is 4. The molecule has 18 heavy (non-hydrogen) atoms. The van der Waals surface area contributed by atoms with Crippen LogP contribution in [0.1, 0.15) is 5.56 Å². The van der Waals surface area contributed by atoms with Gasteiger partial charge in [-0.15, -0.1) is 0 Å². The van der Waals surface area contributed by atoms with Gasteiger partial charge in [-0.05, 0) is 25.2 Å². The minimum Gasteiger partial charge on any atom is -0.342 e. The molecule has 2 aromatic rings. The van der Waals surface area contributed by atoms with E-state index in [-0.39, 0.29) is 5.82 Å². The third-order valence-corrected chi connectivity index (χ3v) is 2.82. The van der Waals surface area contributed by atoms with Crippen LogP contribution in [-0.2, 0) is 6.54 Å². The molecule has 0 aliphatic heterocycles. The first-order valence-corrected chi connectivity index (χ1v) is 5.79. The van der Waals surface area contributed by atoms with Gasteiger partial charge in [0, 0.05) is 37.2 Å². The molecule has 0 bridgehead atoms. The summed E-state index contributed by atoms with van der Waals surface area (Å²) in [5, 5.41) is 3.08. The van der Waals surface area contributed by atoms with E-state index in [4.69, 9.17) is 0 Å². The average Bonchev–Trinajstić information content (AvgIpc) is 2.40. The Balaban J connectivity index is 2.40. The fourth-order valence-electron chi connectivity index (χ4n) is 1.93. The normalized spacial score (nSPS) is 10.4. The number of nitrogens with zero attached hydrogens (tertiary/aromatic N) is 2.